The molecule has 3 rings (SSSR count). The second-order valence-electron chi connectivity index (χ2n) is 6.73. The van der Waals surface area contributed by atoms with Crippen LogP contribution in [0.3, 0.4) is 0 Å². The number of anilines is 1. The normalized spacial score (nSPS) is 14.1. The first kappa shape index (κ1) is 14.6. The highest BCUT2D eigenvalue weighted by Crippen LogP contribution is 2.27. The number of aromatic nitrogens is 3. The zero-order valence-corrected chi connectivity index (χ0v) is 13.4. The van der Waals surface area contributed by atoms with Gasteiger partial charge < -0.3 is 4.90 Å². The van der Waals surface area contributed by atoms with E-state index >= 15 is 0 Å². The van der Waals surface area contributed by atoms with Gasteiger partial charge in [0.25, 0.3) is 0 Å². The molecule has 0 bridgehead atoms. The number of hydrogen-bond acceptors (Lipinski definition) is 5. The monoisotopic (exact) mass is 296 g/mol. The van der Waals surface area contributed by atoms with Gasteiger partial charge in [-0.25, -0.2) is 15.0 Å². The molecule has 2 aromatic heterocycles. The Kier molecular flexibility index (Phi) is 3.43. The van der Waals surface area contributed by atoms with Crippen LogP contribution in [0.15, 0.2) is 24.5 Å². The van der Waals surface area contributed by atoms with Crippen LogP contribution in [0.2, 0.25) is 0 Å². The molecule has 0 spiro atoms. The zero-order valence-electron chi connectivity index (χ0n) is 13.4. The topological polar surface area (TPSA) is 59.0 Å². The largest absolute Gasteiger partial charge is 0.346 e. The number of nitrogens with zero attached hydrogens (tertiary/aromatic N) is 4. The number of carbonyl (C=O) groups excluding carboxylic acids is 1. The number of hydrogen-bond donors (Lipinski definition) is 0. The van der Waals surface area contributed by atoms with Crippen molar-refractivity contribution in [1.29, 1.82) is 0 Å². The van der Waals surface area contributed by atoms with E-state index in [1.807, 2.05) is 18.3 Å². The Bertz CT molecular complexity index is 716. The summed E-state index contributed by atoms with van der Waals surface area (Å²) in [4.78, 5) is 27.1. The number of ketones is 1. The summed E-state index contributed by atoms with van der Waals surface area (Å²) in [7, 11) is 0. The molecule has 0 amide bonds. The van der Waals surface area contributed by atoms with Crippen molar-refractivity contribution in [3.63, 3.8) is 0 Å². The molecule has 2 aromatic rings. The minimum atomic E-state index is -0.0518. The van der Waals surface area contributed by atoms with E-state index in [1.165, 1.54) is 0 Å². The first-order valence-corrected chi connectivity index (χ1v) is 7.42. The minimum absolute atomic E-state index is 0.0319. The molecule has 1 aliphatic heterocycles. The maximum absolute atomic E-state index is 11.3. The number of rotatable bonds is 2. The number of fused-ring (bicyclic) bond motifs is 1. The van der Waals surface area contributed by atoms with Crippen LogP contribution < -0.4 is 4.90 Å². The van der Waals surface area contributed by atoms with E-state index in [0.29, 0.717) is 5.56 Å². The molecule has 0 saturated carbocycles. The van der Waals surface area contributed by atoms with Gasteiger partial charge in [-0.3, -0.25) is 4.79 Å². The first-order chi connectivity index (χ1) is 10.3. The zero-order chi connectivity index (χ0) is 15.9. The molecule has 0 N–H and O–H groups in total. The summed E-state index contributed by atoms with van der Waals surface area (Å²) < 4.78 is 0. The highest BCUT2D eigenvalue weighted by Gasteiger charge is 2.25. The molecule has 5 nitrogen and oxygen atoms in total. The molecule has 5 heteroatoms. The van der Waals surface area contributed by atoms with E-state index in [-0.39, 0.29) is 11.2 Å². The molecule has 0 atom stereocenters. The van der Waals surface area contributed by atoms with Gasteiger partial charge in [0.05, 0.1) is 12.2 Å². The Labute approximate surface area is 130 Å². The molecule has 0 fully saturated rings. The van der Waals surface area contributed by atoms with Gasteiger partial charge in [0.1, 0.15) is 11.6 Å². The highest BCUT2D eigenvalue weighted by molar-refractivity contribution is 5.93. The summed E-state index contributed by atoms with van der Waals surface area (Å²) in [5.74, 6) is 1.76. The van der Waals surface area contributed by atoms with Crippen LogP contribution in [-0.4, -0.2) is 20.7 Å². The predicted octanol–water partition coefficient (Wildman–Crippen LogP) is 2.89. The van der Waals surface area contributed by atoms with Crippen LogP contribution in [0.25, 0.3) is 0 Å². The van der Waals surface area contributed by atoms with E-state index in [0.717, 1.165) is 36.0 Å². The Morgan fingerprint density at radius 1 is 1.14 bits per heavy atom. The summed E-state index contributed by atoms with van der Waals surface area (Å²) in [5, 5.41) is 0. The predicted molar refractivity (Wildman–Crippen MR) is 84.9 cm³/mol. The lowest BCUT2D eigenvalue weighted by Gasteiger charge is -2.17. The van der Waals surface area contributed by atoms with Crippen LogP contribution in [0, 0.1) is 0 Å². The standard InChI is InChI=1S/C17H20N4O/c1-11(22)12-5-6-15(18-7-12)21-9-13-8-19-16(17(2,3)4)20-14(13)10-21/h5-8H,9-10H2,1-4H3. The van der Waals surface area contributed by atoms with E-state index in [9.17, 15) is 4.79 Å². The third-order valence-electron chi connectivity index (χ3n) is 3.81. The molecular formula is C17H20N4O. The van der Waals surface area contributed by atoms with Crippen molar-refractivity contribution in [2.75, 3.05) is 4.90 Å². The minimum Gasteiger partial charge on any atom is -0.346 e. The number of Topliss-reactive ketones (excluding diaryl/α,β-unsaturated/α-hetero) is 1. The van der Waals surface area contributed by atoms with Gasteiger partial charge >= 0.3 is 0 Å². The Morgan fingerprint density at radius 3 is 2.50 bits per heavy atom. The lowest BCUT2D eigenvalue weighted by Crippen LogP contribution is -2.17. The van der Waals surface area contributed by atoms with Crippen molar-refractivity contribution >= 4 is 11.6 Å². The summed E-state index contributed by atoms with van der Waals surface area (Å²) in [6.07, 6.45) is 3.56. The van der Waals surface area contributed by atoms with Gasteiger partial charge in [-0.05, 0) is 19.1 Å². The van der Waals surface area contributed by atoms with Crippen molar-refractivity contribution in [2.24, 2.45) is 0 Å². The van der Waals surface area contributed by atoms with E-state index in [1.54, 1.807) is 13.1 Å². The molecule has 0 radical (unpaired) electrons. The molecule has 22 heavy (non-hydrogen) atoms. The first-order valence-electron chi connectivity index (χ1n) is 7.42. The van der Waals surface area contributed by atoms with E-state index < -0.39 is 0 Å². The molecule has 0 unspecified atom stereocenters. The molecule has 1 aliphatic rings. The van der Waals surface area contributed by atoms with Gasteiger partial charge in [0.15, 0.2) is 5.78 Å². The van der Waals surface area contributed by atoms with Gasteiger partial charge in [0, 0.05) is 35.5 Å². The number of carbonyl (C=O) groups is 1. The third kappa shape index (κ3) is 2.71. The van der Waals surface area contributed by atoms with Gasteiger partial charge in [-0.1, -0.05) is 20.8 Å². The van der Waals surface area contributed by atoms with Gasteiger partial charge in [-0.2, -0.15) is 0 Å². The van der Waals surface area contributed by atoms with Crippen molar-refractivity contribution in [3.8, 4) is 0 Å². The average molecular weight is 296 g/mol. The van der Waals surface area contributed by atoms with Gasteiger partial charge in [-0.15, -0.1) is 0 Å². The van der Waals surface area contributed by atoms with Crippen molar-refractivity contribution < 1.29 is 4.79 Å². The Balaban J connectivity index is 1.83. The molecule has 3 heterocycles. The summed E-state index contributed by atoms with van der Waals surface area (Å²) in [6.45, 7) is 9.38. The fourth-order valence-electron chi connectivity index (χ4n) is 2.46. The summed E-state index contributed by atoms with van der Waals surface area (Å²) in [5.41, 5.74) is 2.79. The molecule has 114 valence electrons. The molecule has 0 aromatic carbocycles. The van der Waals surface area contributed by atoms with Crippen LogP contribution in [0.4, 0.5) is 5.82 Å². The highest BCUT2D eigenvalue weighted by atomic mass is 16.1. The smallest absolute Gasteiger partial charge is 0.161 e. The Morgan fingerprint density at radius 2 is 1.91 bits per heavy atom. The van der Waals surface area contributed by atoms with Crippen LogP contribution >= 0.6 is 0 Å². The fourth-order valence-corrected chi connectivity index (χ4v) is 2.46. The van der Waals surface area contributed by atoms with Crippen LogP contribution in [0.1, 0.15) is 55.1 Å². The molecule has 0 saturated heterocycles. The van der Waals surface area contributed by atoms with Crippen molar-refractivity contribution in [2.45, 2.75) is 46.2 Å². The Hall–Kier alpha value is -2.30. The lowest BCUT2D eigenvalue weighted by atomic mass is 9.95. The van der Waals surface area contributed by atoms with Crippen LogP contribution in [-0.2, 0) is 18.5 Å². The third-order valence-corrected chi connectivity index (χ3v) is 3.81. The second-order valence-corrected chi connectivity index (χ2v) is 6.73. The van der Waals surface area contributed by atoms with E-state index in [2.05, 4.69) is 35.6 Å². The van der Waals surface area contributed by atoms with Crippen molar-refractivity contribution in [1.82, 2.24) is 15.0 Å². The second kappa shape index (κ2) is 5.16. The van der Waals surface area contributed by atoms with E-state index in [4.69, 9.17) is 4.98 Å². The average Bonchev–Trinajstić information content (AvgIpc) is 2.89. The molecule has 0 aliphatic carbocycles. The summed E-state index contributed by atoms with van der Waals surface area (Å²) in [6, 6.07) is 3.71. The number of pyridine rings is 1. The summed E-state index contributed by atoms with van der Waals surface area (Å²) >= 11 is 0. The lowest BCUT2D eigenvalue weighted by molar-refractivity contribution is 0.101. The van der Waals surface area contributed by atoms with Crippen LogP contribution in [0.5, 0.6) is 0 Å². The molecular weight excluding hydrogens is 276 g/mol. The fraction of sp³-hybridized carbons (Fsp3) is 0.412. The SMILES string of the molecule is CC(=O)c1ccc(N2Cc3cnc(C(C)(C)C)nc3C2)nc1. The van der Waals surface area contributed by atoms with Gasteiger partial charge in [0.2, 0.25) is 0 Å². The maximum Gasteiger partial charge on any atom is 0.161 e. The quantitative estimate of drug-likeness (QED) is 0.798. The maximum atomic E-state index is 11.3. The van der Waals surface area contributed by atoms with Crippen molar-refractivity contribution in [3.05, 3.63) is 47.2 Å².